The van der Waals surface area contributed by atoms with Crippen molar-refractivity contribution in [1.29, 1.82) is 0 Å². The molecule has 0 fully saturated rings. The van der Waals surface area contributed by atoms with Gasteiger partial charge in [0.25, 0.3) is 0 Å². The van der Waals surface area contributed by atoms with E-state index in [1.54, 1.807) is 18.1 Å². The zero-order valence-corrected chi connectivity index (χ0v) is 13.0. The van der Waals surface area contributed by atoms with Gasteiger partial charge in [-0.3, -0.25) is 0 Å². The highest BCUT2D eigenvalue weighted by atomic mass is 32.2. The minimum absolute atomic E-state index is 0.205. The third kappa shape index (κ3) is 4.08. The summed E-state index contributed by atoms with van der Waals surface area (Å²) in [5.41, 5.74) is 1.28. The van der Waals surface area contributed by atoms with Crippen molar-refractivity contribution in [3.63, 3.8) is 0 Å². The van der Waals surface area contributed by atoms with Crippen molar-refractivity contribution in [3.05, 3.63) is 60.4 Å². The molecule has 1 aliphatic carbocycles. The van der Waals surface area contributed by atoms with E-state index in [0.717, 1.165) is 23.0 Å². The Balaban J connectivity index is 1.57. The topological polar surface area (TPSA) is 58.0 Å². The summed E-state index contributed by atoms with van der Waals surface area (Å²) in [6.07, 6.45) is 6.66. The van der Waals surface area contributed by atoms with Crippen LogP contribution in [0.5, 0.6) is 0 Å². The molecule has 2 N–H and O–H groups in total. The Kier molecular flexibility index (Phi) is 5.08. The van der Waals surface area contributed by atoms with Gasteiger partial charge in [-0.2, -0.15) is 0 Å². The van der Waals surface area contributed by atoms with Crippen molar-refractivity contribution >= 4 is 17.6 Å². The van der Waals surface area contributed by atoms with E-state index in [0.29, 0.717) is 0 Å². The highest BCUT2D eigenvalue weighted by Crippen LogP contribution is 2.24. The van der Waals surface area contributed by atoms with Crippen LogP contribution in [-0.2, 0) is 5.75 Å². The third-order valence-corrected chi connectivity index (χ3v) is 4.61. The molecule has 0 unspecified atom stereocenters. The highest BCUT2D eigenvalue weighted by Gasteiger charge is 2.18. The number of hydrogen-bond donors (Lipinski definition) is 2. The number of benzene rings is 1. The normalized spacial score (nSPS) is 20.2. The van der Waals surface area contributed by atoms with Crippen LogP contribution >= 0.6 is 11.8 Å². The summed E-state index contributed by atoms with van der Waals surface area (Å²) >= 11 is 1.70. The Hall–Kier alpha value is -1.85. The molecule has 0 spiro atoms. The van der Waals surface area contributed by atoms with E-state index < -0.39 is 0 Å². The molecule has 5 heteroatoms. The number of rotatable bonds is 6. The molecule has 0 amide bonds. The lowest BCUT2D eigenvalue weighted by atomic mass is 10.1. The Morgan fingerprint density at radius 2 is 2.05 bits per heavy atom. The maximum Gasteiger partial charge on any atom is 0.130 e. The molecule has 3 rings (SSSR count). The minimum Gasteiger partial charge on any atom is -0.396 e. The number of thioether (sulfide) groups is 1. The zero-order chi connectivity index (χ0) is 15.2. The van der Waals surface area contributed by atoms with E-state index >= 15 is 0 Å². The average Bonchev–Trinajstić information content (AvgIpc) is 3.02. The first-order valence-electron chi connectivity index (χ1n) is 7.38. The quantitative estimate of drug-likeness (QED) is 0.487. The van der Waals surface area contributed by atoms with Gasteiger partial charge < -0.3 is 10.4 Å². The van der Waals surface area contributed by atoms with Gasteiger partial charge in [-0.25, -0.2) is 9.97 Å². The molecule has 1 heterocycles. The highest BCUT2D eigenvalue weighted by molar-refractivity contribution is 7.98. The van der Waals surface area contributed by atoms with Crippen molar-refractivity contribution in [3.8, 4) is 0 Å². The lowest BCUT2D eigenvalue weighted by molar-refractivity contribution is 0.250. The minimum atomic E-state index is 0.205. The zero-order valence-electron chi connectivity index (χ0n) is 12.2. The van der Waals surface area contributed by atoms with Crippen LogP contribution in [0.25, 0.3) is 0 Å². The number of nitrogens with one attached hydrogen (secondary N) is 1. The van der Waals surface area contributed by atoms with Crippen molar-refractivity contribution in [2.45, 2.75) is 23.2 Å². The number of anilines is 1. The number of nitrogens with zero attached hydrogens (tertiary/aromatic N) is 2. The van der Waals surface area contributed by atoms with E-state index in [1.807, 2.05) is 24.3 Å². The Morgan fingerprint density at radius 1 is 1.18 bits per heavy atom. The van der Waals surface area contributed by atoms with Crippen LogP contribution in [-0.4, -0.2) is 27.7 Å². The molecule has 2 aromatic rings. The summed E-state index contributed by atoms with van der Waals surface area (Å²) in [6.45, 7) is 0.205. The number of aromatic nitrogens is 2. The summed E-state index contributed by atoms with van der Waals surface area (Å²) in [7, 11) is 0. The lowest BCUT2D eigenvalue weighted by Gasteiger charge is -2.13. The Morgan fingerprint density at radius 3 is 2.82 bits per heavy atom. The van der Waals surface area contributed by atoms with Crippen molar-refractivity contribution < 1.29 is 5.11 Å². The van der Waals surface area contributed by atoms with E-state index in [1.165, 1.54) is 5.56 Å². The lowest BCUT2D eigenvalue weighted by Crippen LogP contribution is -2.17. The predicted octanol–water partition coefficient (Wildman–Crippen LogP) is 3.12. The van der Waals surface area contributed by atoms with Crippen molar-refractivity contribution in [2.24, 2.45) is 5.92 Å². The second-order valence-corrected chi connectivity index (χ2v) is 6.33. The molecule has 1 aromatic heterocycles. The van der Waals surface area contributed by atoms with Crippen LogP contribution in [0, 0.1) is 5.92 Å². The second kappa shape index (κ2) is 7.42. The first kappa shape index (κ1) is 15.1. The van der Waals surface area contributed by atoms with Crippen LogP contribution in [0.2, 0.25) is 0 Å². The molecule has 22 heavy (non-hydrogen) atoms. The van der Waals surface area contributed by atoms with Gasteiger partial charge >= 0.3 is 0 Å². The fourth-order valence-corrected chi connectivity index (χ4v) is 3.26. The fraction of sp³-hybridized carbons (Fsp3) is 0.294. The molecule has 0 radical (unpaired) electrons. The molecule has 0 aliphatic heterocycles. The molecular weight excluding hydrogens is 294 g/mol. The first-order valence-corrected chi connectivity index (χ1v) is 8.36. The van der Waals surface area contributed by atoms with E-state index in [9.17, 15) is 0 Å². The van der Waals surface area contributed by atoms with Crippen molar-refractivity contribution in [2.75, 3.05) is 11.9 Å². The Labute approximate surface area is 134 Å². The van der Waals surface area contributed by atoms with Crippen LogP contribution < -0.4 is 5.32 Å². The summed E-state index contributed by atoms with van der Waals surface area (Å²) < 4.78 is 0. The van der Waals surface area contributed by atoms with Gasteiger partial charge in [-0.1, -0.05) is 42.5 Å². The molecule has 0 bridgehead atoms. The molecular formula is C17H19N3OS. The van der Waals surface area contributed by atoms with Crippen LogP contribution in [0.3, 0.4) is 0 Å². The smallest absolute Gasteiger partial charge is 0.130 e. The predicted molar refractivity (Wildman–Crippen MR) is 89.8 cm³/mol. The van der Waals surface area contributed by atoms with Crippen LogP contribution in [0.15, 0.2) is 59.9 Å². The van der Waals surface area contributed by atoms with E-state index in [2.05, 4.69) is 39.6 Å². The Bertz CT molecular complexity index is 633. The van der Waals surface area contributed by atoms with Crippen LogP contribution in [0.4, 0.5) is 5.82 Å². The largest absolute Gasteiger partial charge is 0.396 e. The third-order valence-electron chi connectivity index (χ3n) is 3.61. The SMILES string of the molecule is OC[C@H]1C=C[C@@H](Nc2cc(SCc3ccccc3)ncn2)C1. The fourth-order valence-electron chi connectivity index (χ4n) is 2.44. The summed E-state index contributed by atoms with van der Waals surface area (Å²) in [4.78, 5) is 8.59. The van der Waals surface area contributed by atoms with E-state index in [4.69, 9.17) is 5.11 Å². The van der Waals surface area contributed by atoms with Crippen LogP contribution in [0.1, 0.15) is 12.0 Å². The number of hydrogen-bond acceptors (Lipinski definition) is 5. The average molecular weight is 313 g/mol. The van der Waals surface area contributed by atoms with Gasteiger partial charge in [0.2, 0.25) is 0 Å². The molecule has 1 aliphatic rings. The van der Waals surface area contributed by atoms with Gasteiger partial charge in [0, 0.05) is 30.4 Å². The second-order valence-electron chi connectivity index (χ2n) is 5.33. The van der Waals surface area contributed by atoms with Crippen molar-refractivity contribution in [1.82, 2.24) is 9.97 Å². The molecule has 0 saturated heterocycles. The summed E-state index contributed by atoms with van der Waals surface area (Å²) in [6, 6.07) is 12.6. The number of aliphatic hydroxyl groups is 1. The molecule has 1 aromatic carbocycles. The molecule has 0 saturated carbocycles. The van der Waals surface area contributed by atoms with E-state index in [-0.39, 0.29) is 18.6 Å². The molecule has 114 valence electrons. The number of aliphatic hydroxyl groups excluding tert-OH is 1. The first-order chi connectivity index (χ1) is 10.8. The molecule has 2 atom stereocenters. The maximum atomic E-state index is 9.16. The van der Waals surface area contributed by atoms with Gasteiger partial charge in [0.1, 0.15) is 17.2 Å². The standard InChI is InChI=1S/C17H19N3OS/c21-10-14-6-7-15(8-14)20-16-9-17(19-12-18-16)22-11-13-4-2-1-3-5-13/h1-7,9,12,14-15,21H,8,10-11H2,(H,18,19,20)/t14-,15+/m0/s1. The van der Waals surface area contributed by atoms with Gasteiger partial charge in [-0.15, -0.1) is 11.8 Å². The van der Waals surface area contributed by atoms with Gasteiger partial charge in [0.15, 0.2) is 0 Å². The summed E-state index contributed by atoms with van der Waals surface area (Å²) in [5, 5.41) is 13.5. The summed E-state index contributed by atoms with van der Waals surface area (Å²) in [5.74, 6) is 1.98. The van der Waals surface area contributed by atoms with Gasteiger partial charge in [0.05, 0.1) is 0 Å². The maximum absolute atomic E-state index is 9.16. The molecule has 4 nitrogen and oxygen atoms in total. The monoisotopic (exact) mass is 313 g/mol. The van der Waals surface area contributed by atoms with Gasteiger partial charge in [-0.05, 0) is 12.0 Å².